The van der Waals surface area contributed by atoms with Crippen LogP contribution in [0.1, 0.15) is 17.5 Å². The number of aryl methyl sites for hydroxylation is 2. The van der Waals surface area contributed by atoms with Crippen molar-refractivity contribution in [2.24, 2.45) is 5.73 Å². The molecule has 136 valence electrons. The fraction of sp³-hybridized carbons (Fsp3) is 0.316. The molecule has 0 bridgehead atoms. The summed E-state index contributed by atoms with van der Waals surface area (Å²) < 4.78 is 11.1. The van der Waals surface area contributed by atoms with Gasteiger partial charge in [0.05, 0.1) is 13.0 Å². The third-order valence-corrected chi connectivity index (χ3v) is 3.45. The second kappa shape index (κ2) is 10.6. The Kier molecular flexibility index (Phi) is 8.81. The normalized spacial score (nSPS) is 9.88. The molecule has 5 nitrogen and oxygen atoms in total. The minimum atomic E-state index is -0.0871. The molecule has 2 aromatic rings. The van der Waals surface area contributed by atoms with Gasteiger partial charge >= 0.3 is 0 Å². The number of nitrogens with one attached hydrogen (secondary N) is 1. The van der Waals surface area contributed by atoms with Gasteiger partial charge in [0.25, 0.3) is 0 Å². The molecule has 6 heteroatoms. The zero-order chi connectivity index (χ0) is 17.4. The number of hydrogen-bond donors (Lipinski definition) is 2. The van der Waals surface area contributed by atoms with E-state index in [2.05, 4.69) is 5.32 Å². The number of nitrogens with two attached hydrogens (primary N) is 1. The van der Waals surface area contributed by atoms with Crippen molar-refractivity contribution in [3.8, 4) is 11.5 Å². The SMILES string of the molecule is Cc1ccc(C)c(OCCC(=O)Nc2ccc(OCCN)cc2)c1.Cl. The van der Waals surface area contributed by atoms with Gasteiger partial charge in [-0.3, -0.25) is 4.79 Å². The van der Waals surface area contributed by atoms with E-state index in [0.29, 0.717) is 26.2 Å². The van der Waals surface area contributed by atoms with Gasteiger partial charge in [-0.1, -0.05) is 12.1 Å². The summed E-state index contributed by atoms with van der Waals surface area (Å²) in [4.78, 5) is 12.0. The van der Waals surface area contributed by atoms with Crippen molar-refractivity contribution in [3.63, 3.8) is 0 Å². The van der Waals surface area contributed by atoms with Crippen LogP contribution in [-0.4, -0.2) is 25.7 Å². The average molecular weight is 365 g/mol. The van der Waals surface area contributed by atoms with Gasteiger partial charge in [0.15, 0.2) is 0 Å². The largest absolute Gasteiger partial charge is 0.493 e. The van der Waals surface area contributed by atoms with Crippen LogP contribution >= 0.6 is 12.4 Å². The first-order valence-electron chi connectivity index (χ1n) is 8.01. The molecule has 0 saturated heterocycles. The standard InChI is InChI=1S/C19H24N2O3.ClH/c1-14-3-4-15(2)18(13-14)24-11-9-19(22)21-16-5-7-17(8-6-16)23-12-10-20;/h3-8,13H,9-12,20H2,1-2H3,(H,21,22);1H. The summed E-state index contributed by atoms with van der Waals surface area (Å²) in [5.41, 5.74) is 8.31. The van der Waals surface area contributed by atoms with Gasteiger partial charge in [-0.05, 0) is 55.3 Å². The van der Waals surface area contributed by atoms with Gasteiger partial charge in [0.2, 0.25) is 5.91 Å². The van der Waals surface area contributed by atoms with Gasteiger partial charge in [0.1, 0.15) is 18.1 Å². The van der Waals surface area contributed by atoms with Crippen LogP contribution in [-0.2, 0) is 4.79 Å². The number of benzene rings is 2. The number of carbonyl (C=O) groups excluding carboxylic acids is 1. The van der Waals surface area contributed by atoms with Crippen molar-refractivity contribution in [1.82, 2.24) is 0 Å². The molecule has 0 aliphatic heterocycles. The smallest absolute Gasteiger partial charge is 0.227 e. The van der Waals surface area contributed by atoms with Crippen LogP contribution in [0.2, 0.25) is 0 Å². The molecule has 0 heterocycles. The predicted molar refractivity (Wildman–Crippen MR) is 103 cm³/mol. The monoisotopic (exact) mass is 364 g/mol. The topological polar surface area (TPSA) is 73.6 Å². The zero-order valence-electron chi connectivity index (χ0n) is 14.6. The van der Waals surface area contributed by atoms with Crippen molar-refractivity contribution < 1.29 is 14.3 Å². The zero-order valence-corrected chi connectivity index (χ0v) is 15.4. The van der Waals surface area contributed by atoms with E-state index < -0.39 is 0 Å². The molecular formula is C19H25ClN2O3. The first-order valence-corrected chi connectivity index (χ1v) is 8.01. The van der Waals surface area contributed by atoms with Gasteiger partial charge in [-0.15, -0.1) is 12.4 Å². The Morgan fingerprint density at radius 1 is 1.04 bits per heavy atom. The van der Waals surface area contributed by atoms with E-state index in [1.807, 2.05) is 32.0 Å². The second-order valence-corrected chi connectivity index (χ2v) is 5.58. The summed E-state index contributed by atoms with van der Waals surface area (Å²) in [7, 11) is 0. The number of anilines is 1. The summed E-state index contributed by atoms with van der Waals surface area (Å²) in [6, 6.07) is 13.2. The molecule has 1 amide bonds. The van der Waals surface area contributed by atoms with Gasteiger partial charge in [-0.2, -0.15) is 0 Å². The lowest BCUT2D eigenvalue weighted by molar-refractivity contribution is -0.116. The molecule has 0 saturated carbocycles. The average Bonchev–Trinajstić information content (AvgIpc) is 2.57. The highest BCUT2D eigenvalue weighted by atomic mass is 35.5. The lowest BCUT2D eigenvalue weighted by Gasteiger charge is -2.10. The lowest BCUT2D eigenvalue weighted by Crippen LogP contribution is -2.15. The highest BCUT2D eigenvalue weighted by Gasteiger charge is 2.05. The molecule has 2 aromatic carbocycles. The van der Waals surface area contributed by atoms with Gasteiger partial charge in [-0.25, -0.2) is 0 Å². The summed E-state index contributed by atoms with van der Waals surface area (Å²) in [5.74, 6) is 1.47. The van der Waals surface area contributed by atoms with E-state index in [1.165, 1.54) is 0 Å². The summed E-state index contributed by atoms with van der Waals surface area (Å²) in [5, 5.41) is 2.84. The molecule has 0 aliphatic rings. The highest BCUT2D eigenvalue weighted by Crippen LogP contribution is 2.19. The van der Waals surface area contributed by atoms with E-state index in [9.17, 15) is 4.79 Å². The fourth-order valence-electron chi connectivity index (χ4n) is 2.15. The maximum absolute atomic E-state index is 12.0. The van der Waals surface area contributed by atoms with E-state index in [1.54, 1.807) is 24.3 Å². The number of ether oxygens (including phenoxy) is 2. The van der Waals surface area contributed by atoms with Crippen LogP contribution in [0, 0.1) is 13.8 Å². The number of amides is 1. The molecule has 0 unspecified atom stereocenters. The molecule has 0 radical (unpaired) electrons. The quantitative estimate of drug-likeness (QED) is 0.752. The van der Waals surface area contributed by atoms with Crippen LogP contribution in [0.3, 0.4) is 0 Å². The van der Waals surface area contributed by atoms with Crippen LogP contribution in [0.5, 0.6) is 11.5 Å². The highest BCUT2D eigenvalue weighted by molar-refractivity contribution is 5.90. The van der Waals surface area contributed by atoms with E-state index in [-0.39, 0.29) is 18.3 Å². The number of hydrogen-bond acceptors (Lipinski definition) is 4. The fourth-order valence-corrected chi connectivity index (χ4v) is 2.15. The Morgan fingerprint density at radius 3 is 2.44 bits per heavy atom. The number of rotatable bonds is 8. The molecular weight excluding hydrogens is 340 g/mol. The maximum Gasteiger partial charge on any atom is 0.227 e. The van der Waals surface area contributed by atoms with E-state index in [0.717, 1.165) is 28.3 Å². The Balaban J connectivity index is 0.00000312. The Morgan fingerprint density at radius 2 is 1.76 bits per heavy atom. The van der Waals surface area contributed by atoms with Crippen LogP contribution in [0.15, 0.2) is 42.5 Å². The molecule has 0 atom stereocenters. The van der Waals surface area contributed by atoms with Crippen LogP contribution in [0.25, 0.3) is 0 Å². The van der Waals surface area contributed by atoms with Crippen molar-refractivity contribution in [1.29, 1.82) is 0 Å². The van der Waals surface area contributed by atoms with Crippen molar-refractivity contribution in [2.75, 3.05) is 25.1 Å². The molecule has 25 heavy (non-hydrogen) atoms. The van der Waals surface area contributed by atoms with Crippen molar-refractivity contribution >= 4 is 24.0 Å². The molecule has 0 spiro atoms. The predicted octanol–water partition coefficient (Wildman–Crippen LogP) is 3.47. The summed E-state index contributed by atoms with van der Waals surface area (Å²) in [6.07, 6.45) is 0.290. The second-order valence-electron chi connectivity index (χ2n) is 5.58. The minimum absolute atomic E-state index is 0. The first kappa shape index (κ1) is 20.8. The Hall–Kier alpha value is -2.24. The molecule has 0 aliphatic carbocycles. The molecule has 0 aromatic heterocycles. The van der Waals surface area contributed by atoms with Crippen molar-refractivity contribution in [3.05, 3.63) is 53.6 Å². The summed E-state index contributed by atoms with van der Waals surface area (Å²) >= 11 is 0. The minimum Gasteiger partial charge on any atom is -0.493 e. The van der Waals surface area contributed by atoms with Gasteiger partial charge in [0, 0.05) is 12.2 Å². The number of carbonyl (C=O) groups is 1. The van der Waals surface area contributed by atoms with Gasteiger partial charge < -0.3 is 20.5 Å². The van der Waals surface area contributed by atoms with Crippen LogP contribution < -0.4 is 20.5 Å². The lowest BCUT2D eigenvalue weighted by atomic mass is 10.1. The third-order valence-electron chi connectivity index (χ3n) is 3.45. The Bertz CT molecular complexity index is 675. The first-order chi connectivity index (χ1) is 11.6. The number of halogens is 1. The maximum atomic E-state index is 12.0. The molecule has 0 fully saturated rings. The van der Waals surface area contributed by atoms with Crippen molar-refractivity contribution in [2.45, 2.75) is 20.3 Å². The Labute approximate surface area is 154 Å². The molecule has 3 N–H and O–H groups in total. The third kappa shape index (κ3) is 7.03. The van der Waals surface area contributed by atoms with E-state index in [4.69, 9.17) is 15.2 Å². The van der Waals surface area contributed by atoms with Crippen LogP contribution in [0.4, 0.5) is 5.69 Å². The summed E-state index contributed by atoms with van der Waals surface area (Å²) in [6.45, 7) is 5.29. The molecule has 2 rings (SSSR count). The van der Waals surface area contributed by atoms with E-state index >= 15 is 0 Å².